The van der Waals surface area contributed by atoms with Gasteiger partial charge in [0, 0.05) is 18.7 Å². The quantitative estimate of drug-likeness (QED) is 0.464. The minimum absolute atomic E-state index is 0. The summed E-state index contributed by atoms with van der Waals surface area (Å²) >= 11 is 1.30. The molecule has 0 saturated carbocycles. The zero-order chi connectivity index (χ0) is 21.9. The van der Waals surface area contributed by atoms with Gasteiger partial charge in [0.15, 0.2) is 5.13 Å². The van der Waals surface area contributed by atoms with Crippen molar-refractivity contribution in [1.29, 1.82) is 0 Å². The molecule has 0 spiro atoms. The molecule has 0 fully saturated rings. The molecule has 0 saturated heterocycles. The minimum Gasteiger partial charge on any atom is -0.494 e. The largest absolute Gasteiger partial charge is 0.494 e. The summed E-state index contributed by atoms with van der Waals surface area (Å²) < 4.78 is 45.6. The average Bonchev–Trinajstić information content (AvgIpc) is 3.10. The molecule has 0 N–H and O–H groups in total. The van der Waals surface area contributed by atoms with Gasteiger partial charge < -0.3 is 9.64 Å². The number of likely N-dealkylation sites (N-methyl/N-ethyl adjacent to an activating group) is 1. The van der Waals surface area contributed by atoms with Crippen LogP contribution in [0.3, 0.4) is 0 Å². The van der Waals surface area contributed by atoms with Gasteiger partial charge in [-0.1, -0.05) is 17.4 Å². The van der Waals surface area contributed by atoms with Crippen molar-refractivity contribution in [2.45, 2.75) is 13.1 Å². The third kappa shape index (κ3) is 6.09. The normalized spacial score (nSPS) is 11.5. The summed E-state index contributed by atoms with van der Waals surface area (Å²) in [5.41, 5.74) is -0.186. The van der Waals surface area contributed by atoms with Gasteiger partial charge in [0.05, 0.1) is 22.4 Å². The number of carbonyl (C=O) groups is 1. The van der Waals surface area contributed by atoms with Crippen molar-refractivity contribution >= 4 is 45.0 Å². The predicted molar refractivity (Wildman–Crippen MR) is 120 cm³/mol. The van der Waals surface area contributed by atoms with E-state index in [1.807, 2.05) is 32.0 Å². The van der Waals surface area contributed by atoms with Gasteiger partial charge in [-0.25, -0.2) is 4.98 Å². The highest BCUT2D eigenvalue weighted by atomic mass is 35.5. The van der Waals surface area contributed by atoms with Crippen LogP contribution >= 0.6 is 23.7 Å². The molecule has 3 rings (SSSR count). The molecule has 0 unspecified atom stereocenters. The van der Waals surface area contributed by atoms with Crippen LogP contribution in [0.1, 0.15) is 22.8 Å². The van der Waals surface area contributed by atoms with Crippen LogP contribution in [0.15, 0.2) is 42.5 Å². The van der Waals surface area contributed by atoms with Gasteiger partial charge >= 0.3 is 6.18 Å². The van der Waals surface area contributed by atoms with Gasteiger partial charge in [0.25, 0.3) is 5.91 Å². The number of halogens is 4. The van der Waals surface area contributed by atoms with E-state index in [0.29, 0.717) is 36.1 Å². The maximum Gasteiger partial charge on any atom is 0.416 e. The number of ether oxygens (including phenoxy) is 1. The zero-order valence-electron chi connectivity index (χ0n) is 17.3. The smallest absolute Gasteiger partial charge is 0.416 e. The van der Waals surface area contributed by atoms with Crippen molar-refractivity contribution in [1.82, 2.24) is 9.88 Å². The number of alkyl halides is 3. The lowest BCUT2D eigenvalue weighted by Crippen LogP contribution is -2.36. The van der Waals surface area contributed by atoms with Gasteiger partial charge in [0.1, 0.15) is 5.75 Å². The number of benzene rings is 2. The summed E-state index contributed by atoms with van der Waals surface area (Å²) in [7, 11) is 3.72. The zero-order valence-corrected chi connectivity index (χ0v) is 18.9. The van der Waals surface area contributed by atoms with Gasteiger partial charge in [0.2, 0.25) is 0 Å². The summed E-state index contributed by atoms with van der Waals surface area (Å²) in [5, 5.41) is 0.433. The molecule has 0 aliphatic carbocycles. The van der Waals surface area contributed by atoms with Gasteiger partial charge in [-0.15, -0.1) is 12.4 Å². The first-order valence-electron chi connectivity index (χ1n) is 9.36. The SMILES string of the molecule is CCOc1ccc2nc(N(CCN(C)C)C(=O)c3cccc(C(F)(F)F)c3)sc2c1.Cl. The van der Waals surface area contributed by atoms with Gasteiger partial charge in [-0.2, -0.15) is 13.2 Å². The van der Waals surface area contributed by atoms with Crippen LogP contribution in [0.25, 0.3) is 10.2 Å². The second kappa shape index (κ2) is 10.3. The number of thiazole rings is 1. The van der Waals surface area contributed by atoms with E-state index >= 15 is 0 Å². The minimum atomic E-state index is -4.52. The van der Waals surface area contributed by atoms with Crippen LogP contribution in [0.2, 0.25) is 0 Å². The van der Waals surface area contributed by atoms with E-state index in [0.717, 1.165) is 16.8 Å². The number of fused-ring (bicyclic) bond motifs is 1. The second-order valence-electron chi connectivity index (χ2n) is 6.90. The van der Waals surface area contributed by atoms with Crippen molar-refractivity contribution in [3.8, 4) is 5.75 Å². The molecule has 10 heteroatoms. The Morgan fingerprint density at radius 3 is 2.52 bits per heavy atom. The number of hydrogen-bond donors (Lipinski definition) is 0. The van der Waals surface area contributed by atoms with Gasteiger partial charge in [-0.3, -0.25) is 9.69 Å². The molecule has 31 heavy (non-hydrogen) atoms. The number of aromatic nitrogens is 1. The Bertz CT molecular complexity index is 1040. The van der Waals surface area contributed by atoms with Crippen LogP contribution in [-0.2, 0) is 6.18 Å². The molecule has 3 aromatic rings. The van der Waals surface area contributed by atoms with Crippen LogP contribution < -0.4 is 9.64 Å². The van der Waals surface area contributed by atoms with Crippen molar-refractivity contribution in [3.05, 3.63) is 53.6 Å². The Balaban J connectivity index is 0.00000341. The lowest BCUT2D eigenvalue weighted by Gasteiger charge is -2.22. The molecule has 1 amide bonds. The maximum atomic E-state index is 13.2. The first-order chi connectivity index (χ1) is 14.2. The Kier molecular flexibility index (Phi) is 8.27. The Morgan fingerprint density at radius 1 is 1.13 bits per heavy atom. The standard InChI is InChI=1S/C21H22F3N3O2S.ClH/c1-4-29-16-8-9-17-18(13-16)30-20(25-17)27(11-10-26(2)3)19(28)14-6-5-7-15(12-14)21(22,23)24;/h5-9,12-13H,4,10-11H2,1-3H3;1H. The number of carbonyl (C=O) groups excluding carboxylic acids is 1. The fraction of sp³-hybridized carbons (Fsp3) is 0.333. The highest BCUT2D eigenvalue weighted by Crippen LogP contribution is 2.33. The highest BCUT2D eigenvalue weighted by Gasteiger charge is 2.31. The summed E-state index contributed by atoms with van der Waals surface area (Å²) in [6.45, 7) is 3.24. The van der Waals surface area contributed by atoms with E-state index in [1.54, 1.807) is 12.1 Å². The molecule has 0 bridgehead atoms. The molecule has 5 nitrogen and oxygen atoms in total. The Labute approximate surface area is 188 Å². The second-order valence-corrected chi connectivity index (χ2v) is 7.91. The number of amides is 1. The lowest BCUT2D eigenvalue weighted by molar-refractivity contribution is -0.137. The molecular formula is C21H23ClF3N3O2S. The first kappa shape index (κ1) is 24.9. The van der Waals surface area contributed by atoms with Gasteiger partial charge in [-0.05, 0) is 57.4 Å². The lowest BCUT2D eigenvalue weighted by atomic mass is 10.1. The molecule has 1 heterocycles. The van der Waals surface area contributed by atoms with Crippen LogP contribution in [0.4, 0.5) is 18.3 Å². The molecule has 0 aliphatic heterocycles. The van der Waals surface area contributed by atoms with E-state index in [-0.39, 0.29) is 18.0 Å². The van der Waals surface area contributed by atoms with E-state index in [2.05, 4.69) is 4.98 Å². The van der Waals surface area contributed by atoms with Crippen LogP contribution in [0, 0.1) is 0 Å². The number of rotatable bonds is 7. The summed E-state index contributed by atoms with van der Waals surface area (Å²) in [6, 6.07) is 9.92. The third-order valence-electron chi connectivity index (χ3n) is 4.34. The fourth-order valence-electron chi connectivity index (χ4n) is 2.83. The number of hydrogen-bond acceptors (Lipinski definition) is 5. The summed E-state index contributed by atoms with van der Waals surface area (Å²) in [5.74, 6) is 0.177. The third-order valence-corrected chi connectivity index (χ3v) is 5.38. The highest BCUT2D eigenvalue weighted by molar-refractivity contribution is 7.22. The van der Waals surface area contributed by atoms with E-state index in [1.165, 1.54) is 28.4 Å². The van der Waals surface area contributed by atoms with E-state index < -0.39 is 17.6 Å². The molecule has 168 valence electrons. The number of anilines is 1. The Hall–Kier alpha value is -2.36. The molecule has 2 aromatic carbocycles. The molecule has 0 atom stereocenters. The van der Waals surface area contributed by atoms with Crippen molar-refractivity contribution in [2.24, 2.45) is 0 Å². The van der Waals surface area contributed by atoms with Crippen LogP contribution in [-0.4, -0.2) is 49.6 Å². The predicted octanol–water partition coefficient (Wildman–Crippen LogP) is 5.34. The molecule has 1 aromatic heterocycles. The molecule has 0 radical (unpaired) electrons. The van der Waals surface area contributed by atoms with Crippen molar-refractivity contribution in [3.63, 3.8) is 0 Å². The summed E-state index contributed by atoms with van der Waals surface area (Å²) in [4.78, 5) is 21.0. The first-order valence-corrected chi connectivity index (χ1v) is 10.2. The van der Waals surface area contributed by atoms with Crippen molar-refractivity contribution < 1.29 is 22.7 Å². The van der Waals surface area contributed by atoms with E-state index in [9.17, 15) is 18.0 Å². The maximum absolute atomic E-state index is 13.2. The molecule has 0 aliphatic rings. The average molecular weight is 474 g/mol. The van der Waals surface area contributed by atoms with E-state index in [4.69, 9.17) is 4.74 Å². The van der Waals surface area contributed by atoms with Crippen LogP contribution in [0.5, 0.6) is 5.75 Å². The monoisotopic (exact) mass is 473 g/mol. The Morgan fingerprint density at radius 2 is 1.87 bits per heavy atom. The number of nitrogens with zero attached hydrogens (tertiary/aromatic N) is 3. The molecular weight excluding hydrogens is 451 g/mol. The summed E-state index contributed by atoms with van der Waals surface area (Å²) in [6.07, 6.45) is -4.52. The fourth-order valence-corrected chi connectivity index (χ4v) is 3.85. The topological polar surface area (TPSA) is 45.7 Å². The van der Waals surface area contributed by atoms with Crippen molar-refractivity contribution in [2.75, 3.05) is 38.7 Å².